The summed E-state index contributed by atoms with van der Waals surface area (Å²) < 4.78 is 11.1. The molecular weight excluding hydrogens is 214 g/mol. The van der Waals surface area contributed by atoms with Crippen LogP contribution in [-0.2, 0) is 9.47 Å². The van der Waals surface area contributed by atoms with Crippen LogP contribution in [0.2, 0.25) is 0 Å². The van der Waals surface area contributed by atoms with Gasteiger partial charge in [-0.1, -0.05) is 13.3 Å². The van der Waals surface area contributed by atoms with E-state index in [4.69, 9.17) is 9.47 Å². The van der Waals surface area contributed by atoms with Crippen molar-refractivity contribution >= 4 is 0 Å². The summed E-state index contributed by atoms with van der Waals surface area (Å²) in [5.74, 6) is 0.728. The molecule has 0 aliphatic carbocycles. The smallest absolute Gasteiger partial charge is 0.0631 e. The predicted molar refractivity (Wildman–Crippen MR) is 71.3 cm³/mol. The Morgan fingerprint density at radius 1 is 1.47 bits per heavy atom. The van der Waals surface area contributed by atoms with Crippen molar-refractivity contribution in [1.82, 2.24) is 5.32 Å². The van der Waals surface area contributed by atoms with Gasteiger partial charge in [0, 0.05) is 13.7 Å². The molecule has 1 N–H and O–H groups in total. The van der Waals surface area contributed by atoms with Gasteiger partial charge in [0.25, 0.3) is 0 Å². The van der Waals surface area contributed by atoms with Crippen LogP contribution in [0.1, 0.15) is 46.5 Å². The van der Waals surface area contributed by atoms with E-state index in [2.05, 4.69) is 26.1 Å². The van der Waals surface area contributed by atoms with Crippen molar-refractivity contribution in [1.29, 1.82) is 0 Å². The molecule has 0 bridgehead atoms. The summed E-state index contributed by atoms with van der Waals surface area (Å²) in [6, 6.07) is 0. The first-order valence-corrected chi connectivity index (χ1v) is 6.95. The molecular formula is C14H29NO2. The molecule has 0 saturated carbocycles. The third-order valence-electron chi connectivity index (χ3n) is 3.64. The zero-order valence-electron chi connectivity index (χ0n) is 11.9. The highest BCUT2D eigenvalue weighted by Gasteiger charge is 2.32. The molecule has 1 saturated heterocycles. The monoisotopic (exact) mass is 243 g/mol. The standard InChI is InChI=1S/C14H29NO2/c1-5-12(11-15-8-9-16-4)10-13-6-7-14(2,3)17-13/h12-13,15H,5-11H2,1-4H3. The van der Waals surface area contributed by atoms with Crippen LogP contribution in [0.4, 0.5) is 0 Å². The Balaban J connectivity index is 2.18. The molecule has 1 heterocycles. The maximum atomic E-state index is 6.06. The van der Waals surface area contributed by atoms with Crippen LogP contribution in [0.15, 0.2) is 0 Å². The van der Waals surface area contributed by atoms with Crippen LogP contribution >= 0.6 is 0 Å². The van der Waals surface area contributed by atoms with Crippen LogP contribution in [0.3, 0.4) is 0 Å². The van der Waals surface area contributed by atoms with Crippen molar-refractivity contribution in [2.45, 2.75) is 58.2 Å². The lowest BCUT2D eigenvalue weighted by molar-refractivity contribution is -0.0247. The molecule has 3 heteroatoms. The quantitative estimate of drug-likeness (QED) is 0.665. The van der Waals surface area contributed by atoms with E-state index in [-0.39, 0.29) is 5.60 Å². The second-order valence-electron chi connectivity index (χ2n) is 5.75. The van der Waals surface area contributed by atoms with Crippen molar-refractivity contribution in [3.8, 4) is 0 Å². The largest absolute Gasteiger partial charge is 0.383 e. The van der Waals surface area contributed by atoms with Gasteiger partial charge in [0.05, 0.1) is 18.3 Å². The number of ether oxygens (including phenoxy) is 2. The highest BCUT2D eigenvalue weighted by atomic mass is 16.5. The SMILES string of the molecule is CCC(CNCCOC)CC1CCC(C)(C)O1. The minimum Gasteiger partial charge on any atom is -0.383 e. The minimum absolute atomic E-state index is 0.104. The number of methoxy groups -OCH3 is 1. The van der Waals surface area contributed by atoms with Gasteiger partial charge in [0.15, 0.2) is 0 Å². The van der Waals surface area contributed by atoms with Crippen molar-refractivity contribution in [2.75, 3.05) is 26.8 Å². The molecule has 2 unspecified atom stereocenters. The number of nitrogens with one attached hydrogen (secondary N) is 1. The summed E-state index contributed by atoms with van der Waals surface area (Å²) in [7, 11) is 1.74. The lowest BCUT2D eigenvalue weighted by Crippen LogP contribution is -2.29. The van der Waals surface area contributed by atoms with E-state index < -0.39 is 0 Å². The van der Waals surface area contributed by atoms with E-state index in [1.807, 2.05) is 0 Å². The summed E-state index contributed by atoms with van der Waals surface area (Å²) in [5.41, 5.74) is 0.104. The first-order chi connectivity index (χ1) is 8.07. The lowest BCUT2D eigenvalue weighted by atomic mass is 9.96. The first-order valence-electron chi connectivity index (χ1n) is 6.95. The molecule has 102 valence electrons. The van der Waals surface area contributed by atoms with Gasteiger partial charge in [-0.3, -0.25) is 0 Å². The zero-order chi connectivity index (χ0) is 12.7. The van der Waals surface area contributed by atoms with Gasteiger partial charge in [-0.2, -0.15) is 0 Å². The normalized spacial score (nSPS) is 25.1. The zero-order valence-corrected chi connectivity index (χ0v) is 11.9. The third-order valence-corrected chi connectivity index (χ3v) is 3.64. The topological polar surface area (TPSA) is 30.5 Å². The van der Waals surface area contributed by atoms with E-state index in [0.717, 1.165) is 25.6 Å². The Bertz CT molecular complexity index is 206. The van der Waals surface area contributed by atoms with Gasteiger partial charge in [0.2, 0.25) is 0 Å². The van der Waals surface area contributed by atoms with E-state index in [1.165, 1.54) is 25.7 Å². The van der Waals surface area contributed by atoms with Crippen molar-refractivity contribution < 1.29 is 9.47 Å². The van der Waals surface area contributed by atoms with Gasteiger partial charge in [-0.25, -0.2) is 0 Å². The first kappa shape index (κ1) is 14.9. The van der Waals surface area contributed by atoms with Crippen LogP contribution in [-0.4, -0.2) is 38.5 Å². The fraction of sp³-hybridized carbons (Fsp3) is 1.00. The average molecular weight is 243 g/mol. The molecule has 0 aromatic carbocycles. The molecule has 0 amide bonds. The number of hydrogen-bond acceptors (Lipinski definition) is 3. The van der Waals surface area contributed by atoms with Crippen LogP contribution in [0.5, 0.6) is 0 Å². The summed E-state index contributed by atoms with van der Waals surface area (Å²) in [6.07, 6.45) is 5.31. The summed E-state index contributed by atoms with van der Waals surface area (Å²) in [5, 5.41) is 3.45. The Hall–Kier alpha value is -0.120. The third kappa shape index (κ3) is 5.84. The fourth-order valence-corrected chi connectivity index (χ4v) is 2.49. The minimum atomic E-state index is 0.104. The van der Waals surface area contributed by atoms with E-state index in [9.17, 15) is 0 Å². The Labute approximate surface area is 106 Å². The predicted octanol–water partition coefficient (Wildman–Crippen LogP) is 2.60. The van der Waals surface area contributed by atoms with E-state index in [1.54, 1.807) is 7.11 Å². The molecule has 3 nitrogen and oxygen atoms in total. The summed E-state index contributed by atoms with van der Waals surface area (Å²) in [4.78, 5) is 0. The molecule has 0 spiro atoms. The van der Waals surface area contributed by atoms with Gasteiger partial charge >= 0.3 is 0 Å². The second kappa shape index (κ2) is 7.34. The molecule has 2 atom stereocenters. The maximum Gasteiger partial charge on any atom is 0.0631 e. The fourth-order valence-electron chi connectivity index (χ4n) is 2.49. The van der Waals surface area contributed by atoms with Gasteiger partial charge in [-0.15, -0.1) is 0 Å². The second-order valence-corrected chi connectivity index (χ2v) is 5.75. The van der Waals surface area contributed by atoms with E-state index >= 15 is 0 Å². The summed E-state index contributed by atoms with van der Waals surface area (Å²) in [6.45, 7) is 9.49. The van der Waals surface area contributed by atoms with Gasteiger partial charge in [0.1, 0.15) is 0 Å². The summed E-state index contributed by atoms with van der Waals surface area (Å²) >= 11 is 0. The Kier molecular flexibility index (Phi) is 6.45. The molecule has 17 heavy (non-hydrogen) atoms. The van der Waals surface area contributed by atoms with Gasteiger partial charge < -0.3 is 14.8 Å². The Morgan fingerprint density at radius 3 is 2.76 bits per heavy atom. The molecule has 0 radical (unpaired) electrons. The highest BCUT2D eigenvalue weighted by Crippen LogP contribution is 2.32. The molecule has 1 aliphatic heterocycles. The molecule has 1 aliphatic rings. The highest BCUT2D eigenvalue weighted by molar-refractivity contribution is 4.82. The van der Waals surface area contributed by atoms with Crippen LogP contribution in [0.25, 0.3) is 0 Å². The van der Waals surface area contributed by atoms with Crippen LogP contribution < -0.4 is 5.32 Å². The number of rotatable bonds is 8. The van der Waals surface area contributed by atoms with Gasteiger partial charge in [-0.05, 0) is 45.6 Å². The Morgan fingerprint density at radius 2 is 2.24 bits per heavy atom. The van der Waals surface area contributed by atoms with Crippen LogP contribution in [0, 0.1) is 5.92 Å². The lowest BCUT2D eigenvalue weighted by Gasteiger charge is -2.23. The number of hydrogen-bond donors (Lipinski definition) is 1. The van der Waals surface area contributed by atoms with Crippen molar-refractivity contribution in [3.05, 3.63) is 0 Å². The molecule has 1 rings (SSSR count). The molecule has 0 aromatic rings. The molecule has 1 fully saturated rings. The average Bonchev–Trinajstić information content (AvgIpc) is 2.62. The van der Waals surface area contributed by atoms with E-state index in [0.29, 0.717) is 6.10 Å². The molecule has 0 aromatic heterocycles. The van der Waals surface area contributed by atoms with Crippen molar-refractivity contribution in [2.24, 2.45) is 5.92 Å². The van der Waals surface area contributed by atoms with Crippen molar-refractivity contribution in [3.63, 3.8) is 0 Å². The maximum absolute atomic E-state index is 6.06.